The Labute approximate surface area is 161 Å². The second kappa shape index (κ2) is 8.82. The van der Waals surface area contributed by atoms with Crippen LogP contribution < -0.4 is 5.32 Å². The van der Waals surface area contributed by atoms with E-state index in [-0.39, 0.29) is 11.2 Å². The molecule has 0 aliphatic heterocycles. The fraction of sp³-hybridized carbons (Fsp3) is 0.211. The van der Waals surface area contributed by atoms with Crippen LogP contribution in [0.2, 0.25) is 0 Å². The van der Waals surface area contributed by atoms with Crippen molar-refractivity contribution in [1.29, 1.82) is 0 Å². The first kappa shape index (κ1) is 18.4. The van der Waals surface area contributed by atoms with E-state index in [0.717, 1.165) is 16.3 Å². The molecule has 7 heteroatoms. The molecular formula is C19H20N4OS2. The summed E-state index contributed by atoms with van der Waals surface area (Å²) in [5, 5.41) is 14.0. The van der Waals surface area contributed by atoms with E-state index in [0.29, 0.717) is 18.2 Å². The molecular weight excluding hydrogens is 364 g/mol. The number of hydrogen-bond donors (Lipinski definition) is 1. The zero-order valence-corrected chi connectivity index (χ0v) is 16.1. The third-order valence-corrected chi connectivity index (χ3v) is 5.69. The summed E-state index contributed by atoms with van der Waals surface area (Å²) in [6.07, 6.45) is 1.81. The highest BCUT2D eigenvalue weighted by Crippen LogP contribution is 2.27. The third-order valence-electron chi connectivity index (χ3n) is 3.73. The number of thioether (sulfide) groups is 1. The number of allylic oxidation sites excluding steroid dienone is 1. The lowest BCUT2D eigenvalue weighted by molar-refractivity contribution is -0.120. The zero-order chi connectivity index (χ0) is 18.4. The molecule has 1 aromatic carbocycles. The van der Waals surface area contributed by atoms with Crippen molar-refractivity contribution in [2.45, 2.75) is 30.4 Å². The van der Waals surface area contributed by atoms with Crippen molar-refractivity contribution in [2.75, 3.05) is 0 Å². The lowest BCUT2D eigenvalue weighted by Crippen LogP contribution is -2.30. The Bertz CT molecular complexity index is 859. The molecule has 3 aromatic rings. The van der Waals surface area contributed by atoms with E-state index in [4.69, 9.17) is 0 Å². The maximum absolute atomic E-state index is 12.4. The van der Waals surface area contributed by atoms with Crippen LogP contribution in [0, 0.1) is 0 Å². The number of aromatic nitrogens is 3. The Morgan fingerprint density at radius 3 is 2.81 bits per heavy atom. The molecule has 5 nitrogen and oxygen atoms in total. The second-order valence-electron chi connectivity index (χ2n) is 5.63. The first-order valence-corrected chi connectivity index (χ1v) is 10.0. The fourth-order valence-electron chi connectivity index (χ4n) is 2.41. The van der Waals surface area contributed by atoms with Crippen molar-refractivity contribution in [3.05, 3.63) is 65.4 Å². The lowest BCUT2D eigenvalue weighted by Gasteiger charge is -2.12. The molecule has 2 heterocycles. The number of carbonyl (C=O) groups is 1. The van der Waals surface area contributed by atoms with Gasteiger partial charge in [-0.3, -0.25) is 9.36 Å². The number of nitrogens with zero attached hydrogens (tertiary/aromatic N) is 3. The Morgan fingerprint density at radius 2 is 2.12 bits per heavy atom. The average Bonchev–Trinajstić information content (AvgIpc) is 3.31. The minimum Gasteiger partial charge on any atom is -0.350 e. The van der Waals surface area contributed by atoms with E-state index in [9.17, 15) is 4.79 Å². The van der Waals surface area contributed by atoms with Gasteiger partial charge in [-0.1, -0.05) is 54.2 Å². The van der Waals surface area contributed by atoms with Crippen molar-refractivity contribution in [1.82, 2.24) is 20.1 Å². The molecule has 0 bridgehead atoms. The predicted octanol–water partition coefficient (Wildman–Crippen LogP) is 3.99. The van der Waals surface area contributed by atoms with Gasteiger partial charge in [-0.05, 0) is 18.4 Å². The molecule has 1 unspecified atom stereocenters. The minimum absolute atomic E-state index is 0.0159. The monoisotopic (exact) mass is 384 g/mol. The molecule has 0 aliphatic rings. The highest BCUT2D eigenvalue weighted by Gasteiger charge is 2.20. The number of thiophene rings is 1. The van der Waals surface area contributed by atoms with E-state index in [1.54, 1.807) is 17.4 Å². The van der Waals surface area contributed by atoms with Gasteiger partial charge in [0.25, 0.3) is 0 Å². The fourth-order valence-corrected chi connectivity index (χ4v) is 3.94. The van der Waals surface area contributed by atoms with Crippen LogP contribution in [0.15, 0.2) is 65.7 Å². The summed E-state index contributed by atoms with van der Waals surface area (Å²) < 4.78 is 1.98. The van der Waals surface area contributed by atoms with Crippen molar-refractivity contribution >= 4 is 29.0 Å². The van der Waals surface area contributed by atoms with Crippen molar-refractivity contribution in [2.24, 2.45) is 0 Å². The first-order chi connectivity index (χ1) is 12.7. The van der Waals surface area contributed by atoms with Crippen LogP contribution in [0.3, 0.4) is 0 Å². The van der Waals surface area contributed by atoms with Crippen molar-refractivity contribution in [3.8, 4) is 11.4 Å². The molecule has 3 rings (SSSR count). The molecule has 0 saturated heterocycles. The molecule has 2 aromatic heterocycles. The SMILES string of the molecule is C=CCn1c(SC(C)C(=O)NCc2cccs2)nnc1-c1ccccc1. The van der Waals surface area contributed by atoms with E-state index in [1.165, 1.54) is 11.8 Å². The smallest absolute Gasteiger partial charge is 0.233 e. The highest BCUT2D eigenvalue weighted by molar-refractivity contribution is 8.00. The number of benzene rings is 1. The van der Waals surface area contributed by atoms with Gasteiger partial charge in [0.05, 0.1) is 11.8 Å². The zero-order valence-electron chi connectivity index (χ0n) is 14.5. The van der Waals surface area contributed by atoms with Crippen LogP contribution in [0.1, 0.15) is 11.8 Å². The standard InChI is InChI=1S/C19H20N4OS2/c1-3-11-23-17(15-8-5-4-6-9-15)21-22-19(23)26-14(2)18(24)20-13-16-10-7-12-25-16/h3-10,12,14H,1,11,13H2,2H3,(H,20,24). The topological polar surface area (TPSA) is 59.8 Å². The maximum Gasteiger partial charge on any atom is 0.233 e. The van der Waals surface area contributed by atoms with E-state index in [1.807, 2.05) is 59.3 Å². The van der Waals surface area contributed by atoms with Crippen LogP contribution in [0.5, 0.6) is 0 Å². The molecule has 0 spiro atoms. The number of carbonyl (C=O) groups excluding carboxylic acids is 1. The summed E-state index contributed by atoms with van der Waals surface area (Å²) >= 11 is 3.04. The largest absolute Gasteiger partial charge is 0.350 e. The van der Waals surface area contributed by atoms with Gasteiger partial charge in [-0.15, -0.1) is 28.1 Å². The van der Waals surface area contributed by atoms with Crippen molar-refractivity contribution in [3.63, 3.8) is 0 Å². The van der Waals surface area contributed by atoms with Crippen LogP contribution in [0.4, 0.5) is 0 Å². The van der Waals surface area contributed by atoms with Crippen LogP contribution >= 0.6 is 23.1 Å². The van der Waals surface area contributed by atoms with Gasteiger partial charge in [0, 0.05) is 17.0 Å². The van der Waals surface area contributed by atoms with Gasteiger partial charge >= 0.3 is 0 Å². The van der Waals surface area contributed by atoms with Crippen LogP contribution in [0.25, 0.3) is 11.4 Å². The Kier molecular flexibility index (Phi) is 6.25. The van der Waals surface area contributed by atoms with Crippen LogP contribution in [-0.2, 0) is 17.9 Å². The lowest BCUT2D eigenvalue weighted by atomic mass is 10.2. The normalized spacial score (nSPS) is 11.9. The van der Waals surface area contributed by atoms with E-state index >= 15 is 0 Å². The summed E-state index contributed by atoms with van der Waals surface area (Å²) in [5.41, 5.74) is 0.989. The molecule has 0 radical (unpaired) electrons. The molecule has 134 valence electrons. The Hall–Kier alpha value is -2.38. The van der Waals surface area contributed by atoms with E-state index < -0.39 is 0 Å². The number of nitrogens with one attached hydrogen (secondary N) is 1. The maximum atomic E-state index is 12.4. The quantitative estimate of drug-likeness (QED) is 0.471. The van der Waals surface area contributed by atoms with Gasteiger partial charge in [-0.25, -0.2) is 0 Å². The molecule has 1 amide bonds. The average molecular weight is 385 g/mol. The van der Waals surface area contributed by atoms with Crippen LogP contribution in [-0.4, -0.2) is 25.9 Å². The first-order valence-electron chi connectivity index (χ1n) is 8.25. The summed E-state index contributed by atoms with van der Waals surface area (Å²) in [5.74, 6) is 0.761. The summed E-state index contributed by atoms with van der Waals surface area (Å²) in [7, 11) is 0. The second-order valence-corrected chi connectivity index (χ2v) is 7.97. The van der Waals surface area contributed by atoms with Gasteiger partial charge in [0.1, 0.15) is 0 Å². The molecule has 0 aliphatic carbocycles. The predicted molar refractivity (Wildman–Crippen MR) is 107 cm³/mol. The summed E-state index contributed by atoms with van der Waals surface area (Å²) in [6, 6.07) is 13.9. The molecule has 0 saturated carbocycles. The molecule has 0 fully saturated rings. The molecule has 26 heavy (non-hydrogen) atoms. The number of amides is 1. The van der Waals surface area contributed by atoms with Gasteiger partial charge in [-0.2, -0.15) is 0 Å². The Balaban J connectivity index is 1.71. The van der Waals surface area contributed by atoms with Gasteiger partial charge in [0.15, 0.2) is 11.0 Å². The van der Waals surface area contributed by atoms with Gasteiger partial charge in [0.2, 0.25) is 5.91 Å². The molecule has 1 N–H and O–H groups in total. The van der Waals surface area contributed by atoms with Crippen molar-refractivity contribution < 1.29 is 4.79 Å². The van der Waals surface area contributed by atoms with Gasteiger partial charge < -0.3 is 5.32 Å². The Morgan fingerprint density at radius 1 is 1.31 bits per heavy atom. The summed E-state index contributed by atoms with van der Waals surface area (Å²) in [6.45, 7) is 6.84. The van der Waals surface area contributed by atoms with E-state index in [2.05, 4.69) is 22.1 Å². The third kappa shape index (κ3) is 4.42. The number of hydrogen-bond acceptors (Lipinski definition) is 5. The summed E-state index contributed by atoms with van der Waals surface area (Å²) in [4.78, 5) is 13.5. The highest BCUT2D eigenvalue weighted by atomic mass is 32.2. The number of rotatable bonds is 8. The minimum atomic E-state index is -0.272. The molecule has 1 atom stereocenters.